The van der Waals surface area contributed by atoms with E-state index in [1.165, 1.54) is 0 Å². The zero-order valence-electron chi connectivity index (χ0n) is 12.4. The molecule has 22 heavy (non-hydrogen) atoms. The van der Waals surface area contributed by atoms with Crippen LogP contribution < -0.4 is 10.6 Å². The van der Waals surface area contributed by atoms with Gasteiger partial charge in [0.1, 0.15) is 0 Å². The molecule has 0 bridgehead atoms. The first-order valence-corrected chi connectivity index (χ1v) is 7.45. The van der Waals surface area contributed by atoms with Crippen LogP contribution in [0.15, 0.2) is 27.7 Å². The second kappa shape index (κ2) is 10.3. The van der Waals surface area contributed by atoms with Crippen LogP contribution in [0.1, 0.15) is 24.5 Å². The number of nitrogens with one attached hydrogen (secondary N) is 2. The fraction of sp³-hybridized carbons (Fsp3) is 0.500. The summed E-state index contributed by atoms with van der Waals surface area (Å²) in [7, 11) is 0. The molecule has 0 aromatic heterocycles. The molecule has 0 atom stereocenters. The third-order valence-electron chi connectivity index (χ3n) is 2.76. The standard InChI is InChI=1S/C14H19BrF3N3.HI/c1-3-19-13(20-7-6-14(16,17)18)21-9-11-4-5-12(15)8-10(11)2;/h4-5,8H,3,6-7,9H2,1-2H3,(H2,19,20,21);1H. The molecule has 0 spiro atoms. The lowest BCUT2D eigenvalue weighted by Gasteiger charge is -2.13. The molecule has 0 aliphatic carbocycles. The van der Waals surface area contributed by atoms with Crippen LogP contribution in [-0.4, -0.2) is 25.2 Å². The quantitative estimate of drug-likeness (QED) is 0.363. The van der Waals surface area contributed by atoms with Crippen molar-refractivity contribution in [2.75, 3.05) is 13.1 Å². The Balaban J connectivity index is 0.00000441. The van der Waals surface area contributed by atoms with E-state index < -0.39 is 12.6 Å². The summed E-state index contributed by atoms with van der Waals surface area (Å²) in [4.78, 5) is 4.31. The molecule has 0 saturated heterocycles. The van der Waals surface area contributed by atoms with Gasteiger partial charge in [-0.2, -0.15) is 13.2 Å². The number of aryl methyl sites for hydroxylation is 1. The lowest BCUT2D eigenvalue weighted by Crippen LogP contribution is -2.38. The number of aliphatic imine (C=N–C) groups is 1. The molecule has 0 fully saturated rings. The van der Waals surface area contributed by atoms with Gasteiger partial charge in [-0.1, -0.05) is 22.0 Å². The highest BCUT2D eigenvalue weighted by Gasteiger charge is 2.26. The number of rotatable bonds is 5. The van der Waals surface area contributed by atoms with Gasteiger partial charge in [-0.3, -0.25) is 0 Å². The highest BCUT2D eigenvalue weighted by molar-refractivity contribution is 14.0. The van der Waals surface area contributed by atoms with E-state index in [4.69, 9.17) is 0 Å². The summed E-state index contributed by atoms with van der Waals surface area (Å²) in [5.74, 6) is 0.393. The molecule has 0 aliphatic rings. The predicted octanol–water partition coefficient (Wildman–Crippen LogP) is 4.38. The summed E-state index contributed by atoms with van der Waals surface area (Å²) in [6.07, 6.45) is -5.04. The van der Waals surface area contributed by atoms with Gasteiger partial charge in [0.2, 0.25) is 0 Å². The average molecular weight is 494 g/mol. The van der Waals surface area contributed by atoms with Gasteiger partial charge in [0, 0.05) is 17.6 Å². The van der Waals surface area contributed by atoms with E-state index >= 15 is 0 Å². The maximum atomic E-state index is 12.1. The second-order valence-electron chi connectivity index (χ2n) is 4.56. The molecule has 1 aromatic carbocycles. The summed E-state index contributed by atoms with van der Waals surface area (Å²) in [5.41, 5.74) is 2.12. The minimum atomic E-state index is -4.16. The van der Waals surface area contributed by atoms with Gasteiger partial charge in [-0.05, 0) is 37.1 Å². The zero-order chi connectivity index (χ0) is 15.9. The molecule has 0 unspecified atom stereocenters. The Morgan fingerprint density at radius 2 is 1.95 bits per heavy atom. The molecule has 0 heterocycles. The SMILES string of the molecule is CCNC(=NCc1ccc(Br)cc1C)NCCC(F)(F)F.I. The second-order valence-corrected chi connectivity index (χ2v) is 5.47. The van der Waals surface area contributed by atoms with Gasteiger partial charge in [-0.15, -0.1) is 24.0 Å². The highest BCUT2D eigenvalue weighted by atomic mass is 127. The number of hydrogen-bond donors (Lipinski definition) is 2. The first-order valence-electron chi connectivity index (χ1n) is 6.66. The molecule has 8 heteroatoms. The van der Waals surface area contributed by atoms with Crippen molar-refractivity contribution in [3.05, 3.63) is 33.8 Å². The topological polar surface area (TPSA) is 36.4 Å². The van der Waals surface area contributed by atoms with Crippen molar-refractivity contribution in [1.29, 1.82) is 0 Å². The monoisotopic (exact) mass is 493 g/mol. The Hall–Kier alpha value is -0.510. The molecular weight excluding hydrogens is 474 g/mol. The molecule has 0 amide bonds. The van der Waals surface area contributed by atoms with Crippen molar-refractivity contribution >= 4 is 45.9 Å². The number of halogens is 5. The number of benzene rings is 1. The highest BCUT2D eigenvalue weighted by Crippen LogP contribution is 2.18. The third kappa shape index (κ3) is 8.82. The Kier molecular flexibility index (Phi) is 10.1. The fourth-order valence-corrected chi connectivity index (χ4v) is 2.14. The molecule has 1 aromatic rings. The molecule has 2 N–H and O–H groups in total. The van der Waals surface area contributed by atoms with Crippen LogP contribution in [0.4, 0.5) is 13.2 Å². The maximum absolute atomic E-state index is 12.1. The van der Waals surface area contributed by atoms with Crippen molar-refractivity contribution in [1.82, 2.24) is 10.6 Å². The van der Waals surface area contributed by atoms with Gasteiger partial charge < -0.3 is 10.6 Å². The van der Waals surface area contributed by atoms with Crippen LogP contribution in [0.2, 0.25) is 0 Å². The zero-order valence-corrected chi connectivity index (χ0v) is 16.3. The van der Waals surface area contributed by atoms with E-state index in [-0.39, 0.29) is 30.5 Å². The summed E-state index contributed by atoms with van der Waals surface area (Å²) in [5, 5.41) is 5.62. The van der Waals surface area contributed by atoms with Gasteiger partial charge in [0.25, 0.3) is 0 Å². The van der Waals surface area contributed by atoms with E-state index in [2.05, 4.69) is 31.6 Å². The van der Waals surface area contributed by atoms with Crippen molar-refractivity contribution in [2.45, 2.75) is 33.0 Å². The van der Waals surface area contributed by atoms with Crippen molar-refractivity contribution in [3.63, 3.8) is 0 Å². The summed E-state index contributed by atoms with van der Waals surface area (Å²) >= 11 is 3.39. The summed E-state index contributed by atoms with van der Waals surface area (Å²) in [6, 6.07) is 5.85. The van der Waals surface area contributed by atoms with E-state index in [1.807, 2.05) is 32.0 Å². The minimum absolute atomic E-state index is 0. The molecule has 0 aliphatic heterocycles. The normalized spacial score (nSPS) is 11.8. The van der Waals surface area contributed by atoms with Gasteiger partial charge >= 0.3 is 6.18 Å². The molecule has 3 nitrogen and oxygen atoms in total. The number of guanidine groups is 1. The van der Waals surface area contributed by atoms with Crippen molar-refractivity contribution < 1.29 is 13.2 Å². The molecular formula is C14H20BrF3IN3. The Labute approximate surface area is 154 Å². The van der Waals surface area contributed by atoms with Gasteiger partial charge in [-0.25, -0.2) is 4.99 Å². The summed E-state index contributed by atoms with van der Waals surface area (Å²) in [6.45, 7) is 4.66. The Bertz CT molecular complexity index is 493. The van der Waals surface area contributed by atoms with Crippen molar-refractivity contribution in [3.8, 4) is 0 Å². The smallest absolute Gasteiger partial charge is 0.357 e. The lowest BCUT2D eigenvalue weighted by molar-refractivity contribution is -0.132. The van der Waals surface area contributed by atoms with Gasteiger partial charge in [0.05, 0.1) is 13.0 Å². The van der Waals surface area contributed by atoms with E-state index in [0.29, 0.717) is 19.0 Å². The maximum Gasteiger partial charge on any atom is 0.390 e. The van der Waals surface area contributed by atoms with E-state index in [1.54, 1.807) is 0 Å². The Morgan fingerprint density at radius 3 is 2.50 bits per heavy atom. The average Bonchev–Trinajstić information content (AvgIpc) is 2.36. The van der Waals surface area contributed by atoms with Crippen LogP contribution in [0, 0.1) is 6.92 Å². The molecule has 0 radical (unpaired) electrons. The molecule has 0 saturated carbocycles. The molecule has 1 rings (SSSR count). The first kappa shape index (κ1) is 21.5. The van der Waals surface area contributed by atoms with E-state index in [9.17, 15) is 13.2 Å². The number of alkyl halides is 3. The first-order chi connectivity index (χ1) is 9.81. The van der Waals surface area contributed by atoms with Crippen LogP contribution in [0.5, 0.6) is 0 Å². The predicted molar refractivity (Wildman–Crippen MR) is 97.8 cm³/mol. The Morgan fingerprint density at radius 1 is 1.27 bits per heavy atom. The lowest BCUT2D eigenvalue weighted by atomic mass is 10.1. The fourth-order valence-electron chi connectivity index (χ4n) is 1.67. The van der Waals surface area contributed by atoms with Crippen LogP contribution in [-0.2, 0) is 6.54 Å². The van der Waals surface area contributed by atoms with Crippen LogP contribution in [0.25, 0.3) is 0 Å². The summed E-state index contributed by atoms with van der Waals surface area (Å²) < 4.78 is 37.4. The van der Waals surface area contributed by atoms with Crippen LogP contribution in [0.3, 0.4) is 0 Å². The number of hydrogen-bond acceptors (Lipinski definition) is 1. The van der Waals surface area contributed by atoms with E-state index in [0.717, 1.165) is 15.6 Å². The minimum Gasteiger partial charge on any atom is -0.357 e. The molecule has 126 valence electrons. The third-order valence-corrected chi connectivity index (χ3v) is 3.25. The van der Waals surface area contributed by atoms with Crippen LogP contribution >= 0.6 is 39.9 Å². The van der Waals surface area contributed by atoms with Gasteiger partial charge in [0.15, 0.2) is 5.96 Å². The number of nitrogens with zero attached hydrogens (tertiary/aromatic N) is 1. The largest absolute Gasteiger partial charge is 0.390 e. The van der Waals surface area contributed by atoms with Crippen molar-refractivity contribution in [2.24, 2.45) is 4.99 Å².